The molecular formula is C24H21FN2OS. The number of nitrogens with zero attached hydrogens (tertiary/aromatic N) is 2. The van der Waals surface area contributed by atoms with E-state index in [1.54, 1.807) is 12.1 Å². The van der Waals surface area contributed by atoms with E-state index in [2.05, 4.69) is 35.3 Å². The lowest BCUT2D eigenvalue weighted by Gasteiger charge is -2.14. The lowest BCUT2D eigenvalue weighted by molar-refractivity contribution is 0.173. The summed E-state index contributed by atoms with van der Waals surface area (Å²) in [6, 6.07) is 19.4. The minimum absolute atomic E-state index is 0.00277. The molecule has 1 aliphatic carbocycles. The average molecular weight is 405 g/mol. The van der Waals surface area contributed by atoms with Gasteiger partial charge in [0.2, 0.25) is 0 Å². The zero-order valence-electron chi connectivity index (χ0n) is 16.1. The second kappa shape index (κ2) is 7.01. The summed E-state index contributed by atoms with van der Waals surface area (Å²) >= 11 is 1.41. The molecule has 4 aromatic rings. The Morgan fingerprint density at radius 3 is 2.55 bits per heavy atom. The highest BCUT2D eigenvalue weighted by Gasteiger charge is 2.47. The van der Waals surface area contributed by atoms with Crippen LogP contribution in [0.4, 0.5) is 4.39 Å². The Labute approximate surface area is 172 Å². The molecule has 1 atom stereocenters. The summed E-state index contributed by atoms with van der Waals surface area (Å²) in [4.78, 5) is 10.4. The molecule has 29 heavy (non-hydrogen) atoms. The molecule has 5 heteroatoms. The van der Waals surface area contributed by atoms with Crippen LogP contribution in [0.1, 0.15) is 49.1 Å². The number of hydrogen-bond donors (Lipinski definition) is 1. The molecule has 2 heterocycles. The van der Waals surface area contributed by atoms with E-state index in [4.69, 9.17) is 4.98 Å². The van der Waals surface area contributed by atoms with Crippen LogP contribution >= 0.6 is 11.3 Å². The lowest BCUT2D eigenvalue weighted by atomic mass is 9.92. The highest BCUT2D eigenvalue weighted by molar-refractivity contribution is 7.21. The van der Waals surface area contributed by atoms with Crippen LogP contribution in [0.25, 0.3) is 20.9 Å². The van der Waals surface area contributed by atoms with Crippen LogP contribution in [-0.2, 0) is 5.41 Å². The summed E-state index contributed by atoms with van der Waals surface area (Å²) < 4.78 is 14.7. The molecule has 1 saturated carbocycles. The van der Waals surface area contributed by atoms with E-state index in [0.717, 1.165) is 28.9 Å². The lowest BCUT2D eigenvalue weighted by Crippen LogP contribution is -2.10. The first-order chi connectivity index (χ1) is 14.1. The fourth-order valence-electron chi connectivity index (χ4n) is 3.92. The normalized spacial score (nSPS) is 16.1. The van der Waals surface area contributed by atoms with Crippen molar-refractivity contribution in [2.75, 3.05) is 0 Å². The Bertz CT molecular complexity index is 1180. The van der Waals surface area contributed by atoms with Gasteiger partial charge >= 0.3 is 0 Å². The molecule has 2 aromatic heterocycles. The highest BCUT2D eigenvalue weighted by atomic mass is 32.1. The van der Waals surface area contributed by atoms with Crippen molar-refractivity contribution in [1.29, 1.82) is 0 Å². The van der Waals surface area contributed by atoms with Crippen LogP contribution in [0.15, 0.2) is 60.7 Å². The highest BCUT2D eigenvalue weighted by Crippen LogP contribution is 2.53. The van der Waals surface area contributed by atoms with Crippen molar-refractivity contribution in [2.24, 2.45) is 0 Å². The molecular weight excluding hydrogens is 383 g/mol. The topological polar surface area (TPSA) is 46.0 Å². The van der Waals surface area contributed by atoms with Gasteiger partial charge in [0.1, 0.15) is 21.2 Å². The predicted octanol–water partition coefficient (Wildman–Crippen LogP) is 6.02. The summed E-state index contributed by atoms with van der Waals surface area (Å²) in [5, 5.41) is 10.6. The van der Waals surface area contributed by atoms with Crippen LogP contribution in [0.2, 0.25) is 0 Å². The van der Waals surface area contributed by atoms with E-state index in [9.17, 15) is 9.50 Å². The molecule has 0 aliphatic heterocycles. The summed E-state index contributed by atoms with van der Waals surface area (Å²) in [7, 11) is 0. The zero-order chi connectivity index (χ0) is 20.0. The molecule has 0 amide bonds. The second-order valence-corrected chi connectivity index (χ2v) is 8.63. The third kappa shape index (κ3) is 3.15. The summed E-state index contributed by atoms with van der Waals surface area (Å²) in [6.45, 7) is 1.87. The molecule has 1 unspecified atom stereocenters. The van der Waals surface area contributed by atoms with Crippen molar-refractivity contribution in [3.8, 4) is 10.6 Å². The SMILES string of the molecule is CCC(O)c1ccc(-c2nc3ccc(C4(c5ccccc5)CC4)nc3s2)c(F)c1. The molecule has 1 aliphatic rings. The fraction of sp³-hybridized carbons (Fsp3) is 0.250. The Morgan fingerprint density at radius 2 is 1.86 bits per heavy atom. The van der Waals surface area contributed by atoms with Gasteiger partial charge in [0.15, 0.2) is 0 Å². The Hall–Kier alpha value is -2.63. The van der Waals surface area contributed by atoms with Crippen LogP contribution in [0, 0.1) is 5.82 Å². The third-order valence-electron chi connectivity index (χ3n) is 5.82. The van der Waals surface area contributed by atoms with Gasteiger partial charge in [0.05, 0.1) is 11.8 Å². The minimum atomic E-state index is -0.647. The van der Waals surface area contributed by atoms with E-state index in [1.165, 1.54) is 23.0 Å². The van der Waals surface area contributed by atoms with Crippen molar-refractivity contribution < 1.29 is 9.50 Å². The van der Waals surface area contributed by atoms with E-state index >= 15 is 0 Å². The van der Waals surface area contributed by atoms with Gasteiger partial charge in [-0.05, 0) is 54.7 Å². The van der Waals surface area contributed by atoms with Crippen molar-refractivity contribution in [3.05, 3.63) is 83.3 Å². The van der Waals surface area contributed by atoms with Crippen LogP contribution in [-0.4, -0.2) is 15.1 Å². The molecule has 1 N–H and O–H groups in total. The number of aliphatic hydroxyl groups is 1. The van der Waals surface area contributed by atoms with Gasteiger partial charge in [-0.1, -0.05) is 54.7 Å². The standard InChI is InChI=1S/C24H21FN2OS/c1-2-20(28)15-8-9-17(18(25)14-15)22-26-19-10-11-21(27-23(19)29-22)24(12-13-24)16-6-4-3-5-7-16/h3-11,14,20,28H,2,12-13H2,1H3. The molecule has 5 rings (SSSR count). The molecule has 146 valence electrons. The fourth-order valence-corrected chi connectivity index (χ4v) is 4.89. The third-order valence-corrected chi connectivity index (χ3v) is 6.82. The number of pyridine rings is 1. The van der Waals surface area contributed by atoms with E-state index in [0.29, 0.717) is 22.6 Å². The van der Waals surface area contributed by atoms with Crippen LogP contribution in [0.3, 0.4) is 0 Å². The number of halogens is 1. The monoisotopic (exact) mass is 404 g/mol. The smallest absolute Gasteiger partial charge is 0.144 e. The molecule has 3 nitrogen and oxygen atoms in total. The first-order valence-electron chi connectivity index (χ1n) is 9.92. The number of aromatic nitrogens is 2. The minimum Gasteiger partial charge on any atom is -0.388 e. The molecule has 0 bridgehead atoms. The average Bonchev–Trinajstić information content (AvgIpc) is 3.46. The van der Waals surface area contributed by atoms with Gasteiger partial charge < -0.3 is 5.11 Å². The second-order valence-electron chi connectivity index (χ2n) is 7.65. The first kappa shape index (κ1) is 18.4. The number of aliphatic hydroxyl groups excluding tert-OH is 1. The van der Waals surface area contributed by atoms with E-state index < -0.39 is 6.10 Å². The summed E-state index contributed by atoms with van der Waals surface area (Å²) in [5.74, 6) is -0.364. The van der Waals surface area contributed by atoms with Gasteiger partial charge in [-0.15, -0.1) is 0 Å². The summed E-state index contributed by atoms with van der Waals surface area (Å²) in [6.07, 6.45) is 2.09. The van der Waals surface area contributed by atoms with Gasteiger partial charge in [0.25, 0.3) is 0 Å². The molecule has 0 saturated heterocycles. The Kier molecular flexibility index (Phi) is 4.45. The number of benzene rings is 2. The van der Waals surface area contributed by atoms with Crippen LogP contribution in [0.5, 0.6) is 0 Å². The number of fused-ring (bicyclic) bond motifs is 1. The first-order valence-corrected chi connectivity index (χ1v) is 10.7. The maximum atomic E-state index is 14.7. The number of rotatable bonds is 5. The molecule has 0 radical (unpaired) electrons. The van der Waals surface area contributed by atoms with Gasteiger partial charge in [-0.2, -0.15) is 0 Å². The molecule has 2 aromatic carbocycles. The maximum absolute atomic E-state index is 14.7. The molecule has 1 fully saturated rings. The maximum Gasteiger partial charge on any atom is 0.144 e. The molecule has 0 spiro atoms. The van der Waals surface area contributed by atoms with E-state index in [1.807, 2.05) is 19.1 Å². The number of thiazole rings is 1. The predicted molar refractivity (Wildman–Crippen MR) is 115 cm³/mol. The Balaban J connectivity index is 1.53. The Morgan fingerprint density at radius 1 is 1.07 bits per heavy atom. The van der Waals surface area contributed by atoms with Crippen molar-refractivity contribution in [1.82, 2.24) is 9.97 Å². The zero-order valence-corrected chi connectivity index (χ0v) is 16.9. The number of hydrogen-bond acceptors (Lipinski definition) is 4. The van der Waals surface area contributed by atoms with Crippen molar-refractivity contribution >= 4 is 21.7 Å². The van der Waals surface area contributed by atoms with Gasteiger partial charge in [-0.3, -0.25) is 0 Å². The van der Waals surface area contributed by atoms with E-state index in [-0.39, 0.29) is 11.2 Å². The quantitative estimate of drug-likeness (QED) is 0.442. The van der Waals surface area contributed by atoms with Crippen molar-refractivity contribution in [3.63, 3.8) is 0 Å². The van der Waals surface area contributed by atoms with Gasteiger partial charge in [0, 0.05) is 11.0 Å². The van der Waals surface area contributed by atoms with Gasteiger partial charge in [-0.25, -0.2) is 14.4 Å². The largest absolute Gasteiger partial charge is 0.388 e. The van der Waals surface area contributed by atoms with Crippen molar-refractivity contribution in [2.45, 2.75) is 37.7 Å². The van der Waals surface area contributed by atoms with Crippen LogP contribution < -0.4 is 0 Å². The summed E-state index contributed by atoms with van der Waals surface area (Å²) in [5.41, 5.74) is 4.19.